The van der Waals surface area contributed by atoms with Gasteiger partial charge in [-0.05, 0) is 66.3 Å². The lowest BCUT2D eigenvalue weighted by molar-refractivity contribution is -0.134. The van der Waals surface area contributed by atoms with E-state index in [0.29, 0.717) is 31.8 Å². The maximum absolute atomic E-state index is 13.3. The standard InChI is InChI=1S/C24H25NO.C4H4O4/c1-2-14-25(16-18-8-4-3-5-9-18)17-23(26)24-21-12-6-10-19(21)15-20-11-7-13-22(20)24;5-3(6)1-2-4(7)8/h1,3-5,8-9,15H,6-7,10-14,16-17H2;1-2H,(H,5,6)(H,7,8). The van der Waals surface area contributed by atoms with E-state index in [9.17, 15) is 14.4 Å². The molecule has 0 fully saturated rings. The van der Waals surface area contributed by atoms with Gasteiger partial charge in [-0.25, -0.2) is 9.59 Å². The van der Waals surface area contributed by atoms with E-state index in [1.807, 2.05) is 18.2 Å². The molecule has 2 aliphatic rings. The average molecular weight is 460 g/mol. The van der Waals surface area contributed by atoms with Crippen LogP contribution in [0.5, 0.6) is 0 Å². The van der Waals surface area contributed by atoms with Crippen molar-refractivity contribution < 1.29 is 24.6 Å². The third kappa shape index (κ3) is 6.66. The quantitative estimate of drug-likeness (QED) is 0.355. The van der Waals surface area contributed by atoms with E-state index < -0.39 is 11.9 Å². The number of nitrogens with zero attached hydrogens (tertiary/aromatic N) is 1. The van der Waals surface area contributed by atoms with Crippen molar-refractivity contribution in [2.75, 3.05) is 13.1 Å². The number of carbonyl (C=O) groups excluding carboxylic acids is 1. The summed E-state index contributed by atoms with van der Waals surface area (Å²) < 4.78 is 0. The zero-order chi connectivity index (χ0) is 24.5. The molecule has 6 heteroatoms. The Morgan fingerprint density at radius 3 is 1.97 bits per heavy atom. The molecule has 4 rings (SSSR count). The van der Waals surface area contributed by atoms with Crippen LogP contribution in [-0.2, 0) is 41.8 Å². The molecule has 2 aliphatic carbocycles. The molecule has 0 unspecified atom stereocenters. The molecular formula is C28H29NO5. The van der Waals surface area contributed by atoms with E-state index in [1.54, 1.807) is 0 Å². The maximum atomic E-state index is 13.3. The van der Waals surface area contributed by atoms with Crippen molar-refractivity contribution in [3.05, 3.63) is 81.9 Å². The molecule has 0 heterocycles. The van der Waals surface area contributed by atoms with Crippen molar-refractivity contribution in [1.82, 2.24) is 4.90 Å². The van der Waals surface area contributed by atoms with Crippen LogP contribution in [0.2, 0.25) is 0 Å². The Labute approximate surface area is 199 Å². The molecule has 0 aromatic heterocycles. The number of carboxylic acid groups (broad SMARTS) is 2. The number of carboxylic acids is 2. The molecule has 0 atom stereocenters. The highest BCUT2D eigenvalue weighted by Crippen LogP contribution is 2.35. The number of hydrogen-bond acceptors (Lipinski definition) is 4. The molecule has 0 bridgehead atoms. The van der Waals surface area contributed by atoms with Gasteiger partial charge in [0.05, 0.1) is 13.1 Å². The molecule has 2 N–H and O–H groups in total. The van der Waals surface area contributed by atoms with Crippen LogP contribution < -0.4 is 0 Å². The van der Waals surface area contributed by atoms with Gasteiger partial charge in [0.15, 0.2) is 5.78 Å². The fourth-order valence-electron chi connectivity index (χ4n) is 4.72. The number of aliphatic carboxylic acids is 2. The van der Waals surface area contributed by atoms with Crippen LogP contribution in [0, 0.1) is 12.3 Å². The van der Waals surface area contributed by atoms with Crippen molar-refractivity contribution in [2.24, 2.45) is 0 Å². The minimum atomic E-state index is -1.26. The van der Waals surface area contributed by atoms with E-state index in [0.717, 1.165) is 31.2 Å². The number of aryl methyl sites for hydroxylation is 2. The van der Waals surface area contributed by atoms with Gasteiger partial charge in [-0.2, -0.15) is 0 Å². The molecule has 0 amide bonds. The number of benzene rings is 2. The summed E-state index contributed by atoms with van der Waals surface area (Å²) in [7, 11) is 0. The number of carbonyl (C=O) groups is 3. The SMILES string of the molecule is C#CCN(CC(=O)c1c2c(cc3c1CCC3)CCC2)Cc1ccccc1.O=C(O)C=CC(=O)O. The summed E-state index contributed by atoms with van der Waals surface area (Å²) in [6.45, 7) is 1.62. The summed E-state index contributed by atoms with van der Waals surface area (Å²) in [5.74, 6) is 0.467. The zero-order valence-electron chi connectivity index (χ0n) is 19.1. The molecular weight excluding hydrogens is 430 g/mol. The van der Waals surface area contributed by atoms with E-state index in [4.69, 9.17) is 16.6 Å². The summed E-state index contributed by atoms with van der Waals surface area (Å²) in [5, 5.41) is 15.6. The fourth-order valence-corrected chi connectivity index (χ4v) is 4.72. The highest BCUT2D eigenvalue weighted by molar-refractivity contribution is 6.01. The van der Waals surface area contributed by atoms with E-state index in [-0.39, 0.29) is 5.78 Å². The zero-order valence-corrected chi connectivity index (χ0v) is 19.1. The number of Topliss-reactive ketones (excluding diaryl/α,β-unsaturated/α-hetero) is 1. The monoisotopic (exact) mass is 459 g/mol. The normalized spacial score (nSPS) is 13.6. The molecule has 0 radical (unpaired) electrons. The van der Waals surface area contributed by atoms with Crippen molar-refractivity contribution in [3.63, 3.8) is 0 Å². The Morgan fingerprint density at radius 1 is 0.912 bits per heavy atom. The second-order valence-corrected chi connectivity index (χ2v) is 8.50. The minimum Gasteiger partial charge on any atom is -0.478 e. The summed E-state index contributed by atoms with van der Waals surface area (Å²) >= 11 is 0. The first-order chi connectivity index (χ1) is 16.4. The van der Waals surface area contributed by atoms with Crippen LogP contribution in [0.4, 0.5) is 0 Å². The van der Waals surface area contributed by atoms with E-state index in [1.165, 1.54) is 40.7 Å². The van der Waals surface area contributed by atoms with Gasteiger partial charge in [0.1, 0.15) is 0 Å². The Hall–Kier alpha value is -3.69. The molecule has 6 nitrogen and oxygen atoms in total. The van der Waals surface area contributed by atoms with Gasteiger partial charge in [0, 0.05) is 24.3 Å². The van der Waals surface area contributed by atoms with Gasteiger partial charge in [-0.1, -0.05) is 42.3 Å². The Bertz CT molecular complexity index is 1080. The highest BCUT2D eigenvalue weighted by Gasteiger charge is 2.28. The summed E-state index contributed by atoms with van der Waals surface area (Å²) in [4.78, 5) is 34.5. The van der Waals surface area contributed by atoms with E-state index >= 15 is 0 Å². The van der Waals surface area contributed by atoms with Gasteiger partial charge in [-0.3, -0.25) is 9.69 Å². The van der Waals surface area contributed by atoms with Crippen molar-refractivity contribution in [2.45, 2.75) is 45.1 Å². The number of rotatable bonds is 8. The lowest BCUT2D eigenvalue weighted by atomic mass is 9.91. The average Bonchev–Trinajstić information content (AvgIpc) is 3.46. The smallest absolute Gasteiger partial charge is 0.328 e. The third-order valence-corrected chi connectivity index (χ3v) is 6.05. The van der Waals surface area contributed by atoms with E-state index in [2.05, 4.69) is 29.0 Å². The molecule has 0 saturated carbocycles. The van der Waals surface area contributed by atoms with Crippen molar-refractivity contribution in [3.8, 4) is 12.3 Å². The fraction of sp³-hybridized carbons (Fsp3) is 0.321. The predicted molar refractivity (Wildman–Crippen MR) is 130 cm³/mol. The molecule has 0 spiro atoms. The molecule has 176 valence electrons. The van der Waals surface area contributed by atoms with Crippen LogP contribution in [0.1, 0.15) is 51.0 Å². The molecule has 0 aliphatic heterocycles. The Kier molecular flexibility index (Phi) is 8.78. The van der Waals surface area contributed by atoms with Gasteiger partial charge in [0.2, 0.25) is 0 Å². The number of ketones is 1. The van der Waals surface area contributed by atoms with Gasteiger partial charge < -0.3 is 10.2 Å². The topological polar surface area (TPSA) is 94.9 Å². The Morgan fingerprint density at radius 2 is 1.47 bits per heavy atom. The second-order valence-electron chi connectivity index (χ2n) is 8.50. The van der Waals surface area contributed by atoms with Crippen LogP contribution in [0.25, 0.3) is 0 Å². The molecule has 34 heavy (non-hydrogen) atoms. The van der Waals surface area contributed by atoms with Crippen molar-refractivity contribution >= 4 is 17.7 Å². The first-order valence-corrected chi connectivity index (χ1v) is 11.4. The first kappa shape index (κ1) is 24.9. The van der Waals surface area contributed by atoms with Crippen LogP contribution >= 0.6 is 0 Å². The van der Waals surface area contributed by atoms with Crippen LogP contribution in [-0.4, -0.2) is 45.9 Å². The largest absolute Gasteiger partial charge is 0.478 e. The highest BCUT2D eigenvalue weighted by atomic mass is 16.4. The number of hydrogen-bond donors (Lipinski definition) is 2. The third-order valence-electron chi connectivity index (χ3n) is 6.05. The Balaban J connectivity index is 0.000000350. The summed E-state index contributed by atoms with van der Waals surface area (Å²) in [5.41, 5.74) is 7.73. The molecule has 0 saturated heterocycles. The minimum absolute atomic E-state index is 0.257. The summed E-state index contributed by atoms with van der Waals surface area (Å²) in [6, 6.07) is 12.6. The van der Waals surface area contributed by atoms with Gasteiger partial charge in [0.25, 0.3) is 0 Å². The number of terminal acetylenes is 1. The van der Waals surface area contributed by atoms with Gasteiger partial charge in [-0.15, -0.1) is 6.42 Å². The number of fused-ring (bicyclic) bond motifs is 2. The lowest BCUT2D eigenvalue weighted by Gasteiger charge is -2.21. The van der Waals surface area contributed by atoms with Crippen LogP contribution in [0.3, 0.4) is 0 Å². The molecule has 2 aromatic carbocycles. The van der Waals surface area contributed by atoms with Gasteiger partial charge >= 0.3 is 11.9 Å². The summed E-state index contributed by atoms with van der Waals surface area (Å²) in [6.07, 6.45) is 13.4. The maximum Gasteiger partial charge on any atom is 0.328 e. The van der Waals surface area contributed by atoms with Crippen molar-refractivity contribution in [1.29, 1.82) is 0 Å². The second kappa shape index (κ2) is 12.0. The molecule has 2 aromatic rings. The predicted octanol–water partition coefficient (Wildman–Crippen LogP) is 3.69. The lowest BCUT2D eigenvalue weighted by Crippen LogP contribution is -2.31. The first-order valence-electron chi connectivity index (χ1n) is 11.4. The van der Waals surface area contributed by atoms with Crippen LogP contribution in [0.15, 0.2) is 48.6 Å².